The third kappa shape index (κ3) is 2.49. The van der Waals surface area contributed by atoms with Crippen molar-refractivity contribution in [3.8, 4) is 16.8 Å². The number of aromatic nitrogens is 2. The van der Waals surface area contributed by atoms with Gasteiger partial charge in [-0.05, 0) is 30.2 Å². The number of hydrogen-bond donors (Lipinski definition) is 1. The van der Waals surface area contributed by atoms with Gasteiger partial charge in [0.15, 0.2) is 0 Å². The monoisotopic (exact) mass is 263 g/mol. The molecule has 3 heteroatoms. The maximum Gasteiger partial charge on any atom is 0.0646 e. The van der Waals surface area contributed by atoms with E-state index in [4.69, 9.17) is 5.73 Å². The van der Waals surface area contributed by atoms with Crippen molar-refractivity contribution in [1.82, 2.24) is 9.78 Å². The highest BCUT2D eigenvalue weighted by atomic mass is 15.3. The molecule has 0 aliphatic heterocycles. The number of hydrogen-bond acceptors (Lipinski definition) is 2. The maximum absolute atomic E-state index is 5.86. The fraction of sp³-hybridized carbons (Fsp3) is 0.118. The molecule has 0 saturated carbocycles. The molecule has 1 atom stereocenters. The molecule has 3 nitrogen and oxygen atoms in total. The molecule has 0 radical (unpaired) electrons. The van der Waals surface area contributed by atoms with E-state index in [0.717, 1.165) is 16.8 Å². The van der Waals surface area contributed by atoms with Crippen molar-refractivity contribution in [1.29, 1.82) is 0 Å². The Bertz CT molecular complexity index is 682. The van der Waals surface area contributed by atoms with Crippen LogP contribution in [0.25, 0.3) is 16.8 Å². The van der Waals surface area contributed by atoms with Crippen LogP contribution in [0.1, 0.15) is 18.5 Å². The van der Waals surface area contributed by atoms with Crippen molar-refractivity contribution in [3.63, 3.8) is 0 Å². The van der Waals surface area contributed by atoms with Crippen LogP contribution in [-0.2, 0) is 0 Å². The Morgan fingerprint density at radius 2 is 1.65 bits per heavy atom. The van der Waals surface area contributed by atoms with Crippen LogP contribution < -0.4 is 5.73 Å². The fourth-order valence-electron chi connectivity index (χ4n) is 2.17. The summed E-state index contributed by atoms with van der Waals surface area (Å²) in [6.45, 7) is 1.98. The van der Waals surface area contributed by atoms with E-state index in [0.29, 0.717) is 0 Å². The highest BCUT2D eigenvalue weighted by molar-refractivity contribution is 5.62. The fourth-order valence-corrected chi connectivity index (χ4v) is 2.17. The van der Waals surface area contributed by atoms with Crippen LogP contribution in [-0.4, -0.2) is 9.78 Å². The lowest BCUT2D eigenvalue weighted by Crippen LogP contribution is -2.05. The van der Waals surface area contributed by atoms with Gasteiger partial charge in [-0.25, -0.2) is 4.68 Å². The summed E-state index contributed by atoms with van der Waals surface area (Å²) >= 11 is 0. The van der Waals surface area contributed by atoms with E-state index >= 15 is 0 Å². The molecular formula is C17H17N3. The summed E-state index contributed by atoms with van der Waals surface area (Å²) in [6, 6.07) is 18.5. The van der Waals surface area contributed by atoms with Gasteiger partial charge in [-0.2, -0.15) is 5.10 Å². The summed E-state index contributed by atoms with van der Waals surface area (Å²) in [5.74, 6) is 0. The van der Waals surface area contributed by atoms with E-state index < -0.39 is 0 Å². The Morgan fingerprint density at radius 3 is 2.30 bits per heavy atom. The van der Waals surface area contributed by atoms with Crippen LogP contribution in [0.3, 0.4) is 0 Å². The minimum atomic E-state index is 0.0570. The van der Waals surface area contributed by atoms with Gasteiger partial charge in [-0.15, -0.1) is 0 Å². The van der Waals surface area contributed by atoms with Gasteiger partial charge in [0, 0.05) is 17.8 Å². The second kappa shape index (κ2) is 5.31. The first kappa shape index (κ1) is 12.6. The second-order valence-electron chi connectivity index (χ2n) is 4.92. The Kier molecular flexibility index (Phi) is 3.35. The molecule has 0 amide bonds. The zero-order valence-electron chi connectivity index (χ0n) is 11.4. The van der Waals surface area contributed by atoms with Crippen LogP contribution >= 0.6 is 0 Å². The predicted molar refractivity (Wildman–Crippen MR) is 81.6 cm³/mol. The number of nitrogens with zero attached hydrogens (tertiary/aromatic N) is 2. The van der Waals surface area contributed by atoms with Gasteiger partial charge in [0.25, 0.3) is 0 Å². The molecule has 0 bridgehead atoms. The summed E-state index contributed by atoms with van der Waals surface area (Å²) in [4.78, 5) is 0. The average molecular weight is 263 g/mol. The molecular weight excluding hydrogens is 246 g/mol. The van der Waals surface area contributed by atoms with Crippen molar-refractivity contribution >= 4 is 0 Å². The van der Waals surface area contributed by atoms with Gasteiger partial charge < -0.3 is 5.73 Å². The minimum Gasteiger partial charge on any atom is -0.324 e. The second-order valence-corrected chi connectivity index (χ2v) is 4.92. The zero-order chi connectivity index (χ0) is 13.9. The number of nitrogens with two attached hydrogens (primary N) is 1. The molecule has 1 aromatic heterocycles. The van der Waals surface area contributed by atoms with E-state index in [1.54, 1.807) is 0 Å². The van der Waals surface area contributed by atoms with Crippen LogP contribution in [0.4, 0.5) is 0 Å². The summed E-state index contributed by atoms with van der Waals surface area (Å²) in [7, 11) is 0. The molecule has 0 saturated heterocycles. The molecule has 3 rings (SSSR count). The van der Waals surface area contributed by atoms with E-state index in [1.807, 2.05) is 66.5 Å². The molecule has 0 aliphatic carbocycles. The quantitative estimate of drug-likeness (QED) is 0.785. The van der Waals surface area contributed by atoms with Crippen molar-refractivity contribution in [2.45, 2.75) is 13.0 Å². The molecule has 2 N–H and O–H groups in total. The average Bonchev–Trinajstić information content (AvgIpc) is 2.98. The Balaban J connectivity index is 1.90. The normalized spacial score (nSPS) is 12.3. The Hall–Kier alpha value is -2.39. The van der Waals surface area contributed by atoms with E-state index in [1.165, 1.54) is 5.56 Å². The molecule has 0 aliphatic rings. The van der Waals surface area contributed by atoms with Crippen LogP contribution in [0.15, 0.2) is 67.0 Å². The smallest absolute Gasteiger partial charge is 0.0646 e. The van der Waals surface area contributed by atoms with Gasteiger partial charge >= 0.3 is 0 Å². The van der Waals surface area contributed by atoms with Crippen molar-refractivity contribution in [2.24, 2.45) is 5.73 Å². The predicted octanol–water partition coefficient (Wildman–Crippen LogP) is 3.56. The largest absolute Gasteiger partial charge is 0.324 e. The Morgan fingerprint density at radius 1 is 0.950 bits per heavy atom. The van der Waals surface area contributed by atoms with Gasteiger partial charge in [-0.1, -0.05) is 42.5 Å². The van der Waals surface area contributed by atoms with E-state index in [9.17, 15) is 0 Å². The molecule has 1 unspecified atom stereocenters. The number of rotatable bonds is 3. The van der Waals surface area contributed by atoms with Crippen LogP contribution in [0.5, 0.6) is 0 Å². The number of benzene rings is 2. The molecule has 3 aromatic rings. The molecule has 0 spiro atoms. The Labute approximate surface area is 118 Å². The summed E-state index contributed by atoms with van der Waals surface area (Å²) in [6.07, 6.45) is 3.92. The summed E-state index contributed by atoms with van der Waals surface area (Å²) in [5, 5.41) is 4.42. The zero-order valence-corrected chi connectivity index (χ0v) is 11.4. The lowest BCUT2D eigenvalue weighted by molar-refractivity contribution is 0.814. The minimum absolute atomic E-state index is 0.0570. The highest BCUT2D eigenvalue weighted by Gasteiger charge is 2.04. The van der Waals surface area contributed by atoms with Crippen molar-refractivity contribution in [3.05, 3.63) is 72.6 Å². The summed E-state index contributed by atoms with van der Waals surface area (Å²) < 4.78 is 1.88. The topological polar surface area (TPSA) is 43.8 Å². The van der Waals surface area contributed by atoms with Gasteiger partial charge in [0.2, 0.25) is 0 Å². The first-order chi connectivity index (χ1) is 9.74. The molecule has 0 fully saturated rings. The van der Waals surface area contributed by atoms with Gasteiger partial charge in [0.1, 0.15) is 0 Å². The van der Waals surface area contributed by atoms with E-state index in [2.05, 4.69) is 17.2 Å². The lowest BCUT2D eigenvalue weighted by atomic mass is 10.1. The maximum atomic E-state index is 5.86. The molecule has 20 heavy (non-hydrogen) atoms. The van der Waals surface area contributed by atoms with Crippen LogP contribution in [0, 0.1) is 0 Å². The molecule has 2 aromatic carbocycles. The SMILES string of the molecule is CC(N)c1ccc(-n2cc(-c3ccccc3)cn2)cc1. The highest BCUT2D eigenvalue weighted by Crippen LogP contribution is 2.20. The third-order valence-corrected chi connectivity index (χ3v) is 3.37. The van der Waals surface area contributed by atoms with Crippen molar-refractivity contribution in [2.75, 3.05) is 0 Å². The van der Waals surface area contributed by atoms with Gasteiger partial charge in [-0.3, -0.25) is 0 Å². The standard InChI is InChI=1S/C17H17N3/c1-13(18)14-7-9-17(10-8-14)20-12-16(11-19-20)15-5-3-2-4-6-15/h2-13H,18H2,1H3. The van der Waals surface area contributed by atoms with E-state index in [-0.39, 0.29) is 6.04 Å². The van der Waals surface area contributed by atoms with Crippen molar-refractivity contribution < 1.29 is 0 Å². The van der Waals surface area contributed by atoms with Gasteiger partial charge in [0.05, 0.1) is 11.9 Å². The summed E-state index contributed by atoms with van der Waals surface area (Å²) in [5.41, 5.74) is 10.3. The molecule has 1 heterocycles. The first-order valence-corrected chi connectivity index (χ1v) is 6.70. The first-order valence-electron chi connectivity index (χ1n) is 6.70. The third-order valence-electron chi connectivity index (χ3n) is 3.37. The van der Waals surface area contributed by atoms with Crippen LogP contribution in [0.2, 0.25) is 0 Å². The lowest BCUT2D eigenvalue weighted by Gasteiger charge is -2.06. The molecule has 100 valence electrons.